The fourth-order valence-corrected chi connectivity index (χ4v) is 2.15. The Balaban J connectivity index is 1.99. The second-order valence-electron chi connectivity index (χ2n) is 5.74. The lowest BCUT2D eigenvalue weighted by atomic mass is 10.2. The van der Waals surface area contributed by atoms with Gasteiger partial charge in [-0.15, -0.1) is 0 Å². The van der Waals surface area contributed by atoms with E-state index in [0.717, 1.165) is 0 Å². The van der Waals surface area contributed by atoms with Gasteiger partial charge in [-0.2, -0.15) is 0 Å². The summed E-state index contributed by atoms with van der Waals surface area (Å²) in [5.41, 5.74) is 0.188. The fraction of sp³-hybridized carbons (Fsp3) is 0.643. The van der Waals surface area contributed by atoms with Gasteiger partial charge in [-0.05, 0) is 13.8 Å². The summed E-state index contributed by atoms with van der Waals surface area (Å²) in [6.45, 7) is 8.38. The summed E-state index contributed by atoms with van der Waals surface area (Å²) < 4.78 is 11.1. The largest absolute Gasteiger partial charge is 0.348 e. The molecule has 0 bridgehead atoms. The standard InChI is InChI=1S/C14H20ClN3O3/c1-8(2)12-16-6-10(15)11(18-12)13(19)17-5-9-7-20-14(3,4)21-9/h6,8-9H,5,7H2,1-4H3,(H,17,19). The van der Waals surface area contributed by atoms with Crippen LogP contribution in [0.5, 0.6) is 0 Å². The molecular formula is C14H20ClN3O3. The Morgan fingerprint density at radius 2 is 2.29 bits per heavy atom. The summed E-state index contributed by atoms with van der Waals surface area (Å²) in [4.78, 5) is 20.5. The molecule has 0 aliphatic carbocycles. The van der Waals surface area contributed by atoms with Gasteiger partial charge in [0, 0.05) is 12.5 Å². The van der Waals surface area contributed by atoms with Crippen LogP contribution < -0.4 is 5.32 Å². The molecule has 1 fully saturated rings. The van der Waals surface area contributed by atoms with E-state index in [9.17, 15) is 4.79 Å². The third-order valence-corrected chi connectivity index (χ3v) is 3.33. The van der Waals surface area contributed by atoms with Crippen molar-refractivity contribution in [1.29, 1.82) is 0 Å². The first-order valence-corrected chi connectivity index (χ1v) is 7.28. The maximum Gasteiger partial charge on any atom is 0.271 e. The van der Waals surface area contributed by atoms with E-state index in [2.05, 4.69) is 15.3 Å². The Bertz CT molecular complexity index is 534. The van der Waals surface area contributed by atoms with E-state index in [1.54, 1.807) is 0 Å². The van der Waals surface area contributed by atoms with Gasteiger partial charge in [-0.25, -0.2) is 9.97 Å². The highest BCUT2D eigenvalue weighted by Crippen LogP contribution is 2.22. The van der Waals surface area contributed by atoms with E-state index in [1.807, 2.05) is 27.7 Å². The lowest BCUT2D eigenvalue weighted by Gasteiger charge is -2.17. The number of rotatable bonds is 4. The molecular weight excluding hydrogens is 294 g/mol. The molecule has 1 N–H and O–H groups in total. The van der Waals surface area contributed by atoms with Gasteiger partial charge in [0.05, 0.1) is 17.8 Å². The number of halogens is 1. The minimum Gasteiger partial charge on any atom is -0.348 e. The zero-order chi connectivity index (χ0) is 15.6. The predicted molar refractivity (Wildman–Crippen MR) is 78.4 cm³/mol. The van der Waals surface area contributed by atoms with Crippen molar-refractivity contribution in [1.82, 2.24) is 15.3 Å². The van der Waals surface area contributed by atoms with Crippen molar-refractivity contribution in [3.8, 4) is 0 Å². The number of hydrogen-bond donors (Lipinski definition) is 1. The van der Waals surface area contributed by atoms with E-state index in [0.29, 0.717) is 19.0 Å². The number of carbonyl (C=O) groups excluding carboxylic acids is 1. The summed E-state index contributed by atoms with van der Waals surface area (Å²) in [7, 11) is 0. The van der Waals surface area contributed by atoms with Crippen LogP contribution in [0.4, 0.5) is 0 Å². The molecule has 0 aromatic carbocycles. The molecule has 1 aromatic heterocycles. The Labute approximate surface area is 129 Å². The van der Waals surface area contributed by atoms with Crippen molar-refractivity contribution in [3.05, 3.63) is 22.7 Å². The van der Waals surface area contributed by atoms with Crippen LogP contribution in [0.3, 0.4) is 0 Å². The molecule has 21 heavy (non-hydrogen) atoms. The lowest BCUT2D eigenvalue weighted by Crippen LogP contribution is -2.35. The molecule has 1 saturated heterocycles. The Hall–Kier alpha value is -1.24. The molecule has 1 amide bonds. The SMILES string of the molecule is CC(C)c1ncc(Cl)c(C(=O)NCC2COC(C)(C)O2)n1. The molecule has 2 rings (SSSR count). The maximum atomic E-state index is 12.2. The van der Waals surface area contributed by atoms with Crippen molar-refractivity contribution in [2.45, 2.75) is 45.5 Å². The minimum atomic E-state index is -0.604. The van der Waals surface area contributed by atoms with Crippen molar-refractivity contribution >= 4 is 17.5 Å². The summed E-state index contributed by atoms with van der Waals surface area (Å²) >= 11 is 5.99. The first-order chi connectivity index (χ1) is 9.78. The highest BCUT2D eigenvalue weighted by Gasteiger charge is 2.32. The molecule has 1 unspecified atom stereocenters. The number of nitrogens with zero attached hydrogens (tertiary/aromatic N) is 2. The number of ether oxygens (including phenoxy) is 2. The minimum absolute atomic E-state index is 0.126. The van der Waals surface area contributed by atoms with Gasteiger partial charge in [0.25, 0.3) is 5.91 Å². The summed E-state index contributed by atoms with van der Waals surface area (Å²) in [6, 6.07) is 0. The first-order valence-electron chi connectivity index (χ1n) is 6.91. The molecule has 1 aliphatic rings. The third-order valence-electron chi connectivity index (χ3n) is 3.05. The van der Waals surface area contributed by atoms with Crippen LogP contribution in [-0.2, 0) is 9.47 Å². The van der Waals surface area contributed by atoms with E-state index < -0.39 is 5.79 Å². The van der Waals surface area contributed by atoms with Crippen LogP contribution >= 0.6 is 11.6 Å². The first kappa shape index (κ1) is 16.1. The van der Waals surface area contributed by atoms with E-state index in [1.165, 1.54) is 6.20 Å². The van der Waals surface area contributed by atoms with Crippen LogP contribution in [0, 0.1) is 0 Å². The number of carbonyl (C=O) groups is 1. The quantitative estimate of drug-likeness (QED) is 0.922. The smallest absolute Gasteiger partial charge is 0.271 e. The number of nitrogens with one attached hydrogen (secondary N) is 1. The molecule has 7 heteroatoms. The number of hydrogen-bond acceptors (Lipinski definition) is 5. The van der Waals surface area contributed by atoms with Gasteiger partial charge in [-0.3, -0.25) is 4.79 Å². The summed E-state index contributed by atoms with van der Waals surface area (Å²) in [5, 5.41) is 3.00. The molecule has 0 saturated carbocycles. The monoisotopic (exact) mass is 313 g/mol. The second-order valence-corrected chi connectivity index (χ2v) is 6.15. The second kappa shape index (κ2) is 6.25. The van der Waals surface area contributed by atoms with Crippen molar-refractivity contribution in [3.63, 3.8) is 0 Å². The van der Waals surface area contributed by atoms with Gasteiger partial charge >= 0.3 is 0 Å². The normalized spacial score (nSPS) is 20.8. The Kier molecular flexibility index (Phi) is 4.81. The van der Waals surface area contributed by atoms with E-state index in [-0.39, 0.29) is 28.6 Å². The molecule has 1 aromatic rings. The molecule has 0 radical (unpaired) electrons. The topological polar surface area (TPSA) is 73.3 Å². The maximum absolute atomic E-state index is 12.2. The molecule has 2 heterocycles. The van der Waals surface area contributed by atoms with E-state index in [4.69, 9.17) is 21.1 Å². The zero-order valence-corrected chi connectivity index (χ0v) is 13.4. The third kappa shape index (κ3) is 4.12. The molecule has 1 atom stereocenters. The van der Waals surface area contributed by atoms with Crippen molar-refractivity contribution in [2.75, 3.05) is 13.2 Å². The zero-order valence-electron chi connectivity index (χ0n) is 12.6. The summed E-state index contributed by atoms with van der Waals surface area (Å²) in [5.74, 6) is -0.225. The van der Waals surface area contributed by atoms with Gasteiger partial charge < -0.3 is 14.8 Å². The van der Waals surface area contributed by atoms with Crippen molar-refractivity contribution < 1.29 is 14.3 Å². The van der Waals surface area contributed by atoms with Crippen molar-refractivity contribution in [2.24, 2.45) is 0 Å². The molecule has 116 valence electrons. The van der Waals surface area contributed by atoms with Gasteiger partial charge in [0.2, 0.25) is 0 Å². The van der Waals surface area contributed by atoms with E-state index >= 15 is 0 Å². The Morgan fingerprint density at radius 1 is 1.57 bits per heavy atom. The van der Waals surface area contributed by atoms with Crippen LogP contribution in [-0.4, -0.2) is 40.9 Å². The van der Waals surface area contributed by atoms with Crippen LogP contribution in [0.25, 0.3) is 0 Å². The highest BCUT2D eigenvalue weighted by atomic mass is 35.5. The predicted octanol–water partition coefficient (Wildman–Crippen LogP) is 2.13. The molecule has 6 nitrogen and oxygen atoms in total. The Morgan fingerprint density at radius 3 is 2.86 bits per heavy atom. The fourth-order valence-electron chi connectivity index (χ4n) is 1.97. The average molecular weight is 314 g/mol. The lowest BCUT2D eigenvalue weighted by molar-refractivity contribution is -0.137. The van der Waals surface area contributed by atoms with Gasteiger partial charge in [0.1, 0.15) is 17.6 Å². The molecule has 0 spiro atoms. The summed E-state index contributed by atoms with van der Waals surface area (Å²) in [6.07, 6.45) is 1.28. The average Bonchev–Trinajstić information content (AvgIpc) is 2.76. The van der Waals surface area contributed by atoms with Crippen LogP contribution in [0.15, 0.2) is 6.20 Å². The highest BCUT2D eigenvalue weighted by molar-refractivity contribution is 6.33. The molecule has 1 aliphatic heterocycles. The van der Waals surface area contributed by atoms with Gasteiger partial charge in [0.15, 0.2) is 5.79 Å². The van der Waals surface area contributed by atoms with Crippen LogP contribution in [0.2, 0.25) is 5.02 Å². The van der Waals surface area contributed by atoms with Crippen LogP contribution in [0.1, 0.15) is 49.9 Å². The van der Waals surface area contributed by atoms with Gasteiger partial charge in [-0.1, -0.05) is 25.4 Å². The number of amides is 1. The number of aromatic nitrogens is 2.